The van der Waals surface area contributed by atoms with Gasteiger partial charge in [-0.25, -0.2) is 0 Å². The zero-order valence-corrected chi connectivity index (χ0v) is 15.5. The maximum atomic E-state index is 13.0. The molecule has 3 fully saturated rings. The molecule has 140 valence electrons. The number of hydrogen-bond acceptors (Lipinski definition) is 3. The summed E-state index contributed by atoms with van der Waals surface area (Å²) in [6.45, 7) is 5.00. The van der Waals surface area contributed by atoms with Crippen LogP contribution in [0.1, 0.15) is 54.4 Å². The number of benzene rings is 1. The van der Waals surface area contributed by atoms with E-state index in [4.69, 9.17) is 0 Å². The van der Waals surface area contributed by atoms with E-state index in [0.717, 1.165) is 51.0 Å². The molecule has 1 N–H and O–H groups in total. The summed E-state index contributed by atoms with van der Waals surface area (Å²) in [5.74, 6) is 1.15. The number of carbonyl (C=O) groups is 2. The Bertz CT molecular complexity index is 728. The molecule has 2 saturated heterocycles. The molecule has 1 atom stereocenters. The van der Waals surface area contributed by atoms with Gasteiger partial charge in [-0.1, -0.05) is 6.07 Å². The number of aromatic hydroxyl groups is 1. The van der Waals surface area contributed by atoms with Crippen LogP contribution in [0.2, 0.25) is 0 Å². The first-order valence-electron chi connectivity index (χ1n) is 9.82. The zero-order chi connectivity index (χ0) is 18.3. The summed E-state index contributed by atoms with van der Waals surface area (Å²) in [7, 11) is 0. The molecule has 1 spiro atoms. The molecule has 1 aromatic rings. The number of rotatable bonds is 3. The first-order valence-corrected chi connectivity index (χ1v) is 9.82. The summed E-state index contributed by atoms with van der Waals surface area (Å²) >= 11 is 0. The van der Waals surface area contributed by atoms with Gasteiger partial charge in [-0.2, -0.15) is 0 Å². The van der Waals surface area contributed by atoms with Crippen molar-refractivity contribution in [3.05, 3.63) is 29.3 Å². The number of piperidine rings is 2. The highest BCUT2D eigenvalue weighted by atomic mass is 16.3. The fourth-order valence-electron chi connectivity index (χ4n) is 4.52. The maximum absolute atomic E-state index is 13.0. The Morgan fingerprint density at radius 3 is 2.81 bits per heavy atom. The van der Waals surface area contributed by atoms with Crippen molar-refractivity contribution >= 4 is 11.8 Å². The first kappa shape index (κ1) is 17.4. The number of carbonyl (C=O) groups excluding carboxylic acids is 2. The van der Waals surface area contributed by atoms with Gasteiger partial charge >= 0.3 is 0 Å². The lowest BCUT2D eigenvalue weighted by Crippen LogP contribution is -2.55. The summed E-state index contributed by atoms with van der Waals surface area (Å²) in [6.07, 6.45) is 6.06. The van der Waals surface area contributed by atoms with Crippen LogP contribution in [0.5, 0.6) is 5.75 Å². The highest BCUT2D eigenvalue weighted by molar-refractivity contribution is 5.94. The lowest BCUT2D eigenvalue weighted by molar-refractivity contribution is -0.139. The molecule has 3 aliphatic rings. The number of aryl methyl sites for hydroxylation is 1. The Morgan fingerprint density at radius 1 is 1.27 bits per heavy atom. The molecule has 0 radical (unpaired) electrons. The average molecular weight is 356 g/mol. The van der Waals surface area contributed by atoms with E-state index >= 15 is 0 Å². The van der Waals surface area contributed by atoms with Crippen LogP contribution in [0.25, 0.3) is 0 Å². The molecule has 0 unspecified atom stereocenters. The van der Waals surface area contributed by atoms with Gasteiger partial charge in [-0.05, 0) is 62.6 Å². The summed E-state index contributed by atoms with van der Waals surface area (Å²) in [6, 6.07) is 5.16. The van der Waals surface area contributed by atoms with E-state index < -0.39 is 0 Å². The van der Waals surface area contributed by atoms with Crippen molar-refractivity contribution in [2.45, 2.75) is 45.4 Å². The SMILES string of the molecule is Cc1ccc(C(=O)N2CCC[C@@]3(CCC(=O)N(CC4CC4)C3)C2)cc1O. The normalized spacial score (nSPS) is 26.4. The van der Waals surface area contributed by atoms with Crippen molar-refractivity contribution in [1.29, 1.82) is 0 Å². The summed E-state index contributed by atoms with van der Waals surface area (Å²) in [5.41, 5.74) is 1.37. The third kappa shape index (κ3) is 3.44. The van der Waals surface area contributed by atoms with Crippen LogP contribution >= 0.6 is 0 Å². The van der Waals surface area contributed by atoms with Gasteiger partial charge in [0, 0.05) is 43.6 Å². The molecule has 0 aromatic heterocycles. The van der Waals surface area contributed by atoms with Crippen molar-refractivity contribution in [3.63, 3.8) is 0 Å². The van der Waals surface area contributed by atoms with E-state index in [9.17, 15) is 14.7 Å². The van der Waals surface area contributed by atoms with Crippen LogP contribution < -0.4 is 0 Å². The quantitative estimate of drug-likeness (QED) is 0.906. The van der Waals surface area contributed by atoms with Crippen LogP contribution in [-0.2, 0) is 4.79 Å². The van der Waals surface area contributed by atoms with Crippen LogP contribution in [0.3, 0.4) is 0 Å². The second-order valence-electron chi connectivity index (χ2n) is 8.55. The molecular weight excluding hydrogens is 328 g/mol. The molecule has 1 aromatic carbocycles. The Balaban J connectivity index is 1.48. The molecule has 2 aliphatic heterocycles. The van der Waals surface area contributed by atoms with Gasteiger partial charge in [0.1, 0.15) is 5.75 Å². The Morgan fingerprint density at radius 2 is 2.08 bits per heavy atom. The van der Waals surface area contributed by atoms with E-state index in [1.807, 2.05) is 11.8 Å². The number of amides is 2. The highest BCUT2D eigenvalue weighted by Crippen LogP contribution is 2.41. The molecule has 2 amide bonds. The van der Waals surface area contributed by atoms with E-state index in [0.29, 0.717) is 17.9 Å². The predicted molar refractivity (Wildman–Crippen MR) is 99.0 cm³/mol. The van der Waals surface area contributed by atoms with Gasteiger partial charge in [0.05, 0.1) is 0 Å². The molecule has 5 heteroatoms. The van der Waals surface area contributed by atoms with E-state index in [1.54, 1.807) is 18.2 Å². The first-order chi connectivity index (χ1) is 12.5. The van der Waals surface area contributed by atoms with Gasteiger partial charge in [0.2, 0.25) is 5.91 Å². The Hall–Kier alpha value is -2.04. The Kier molecular flexibility index (Phi) is 4.41. The van der Waals surface area contributed by atoms with E-state index in [2.05, 4.69) is 4.90 Å². The number of phenols is 1. The van der Waals surface area contributed by atoms with Gasteiger partial charge in [0.15, 0.2) is 0 Å². The number of likely N-dealkylation sites (tertiary alicyclic amines) is 2. The maximum Gasteiger partial charge on any atom is 0.254 e. The van der Waals surface area contributed by atoms with Crippen molar-refractivity contribution in [2.75, 3.05) is 26.2 Å². The highest BCUT2D eigenvalue weighted by Gasteiger charge is 2.43. The van der Waals surface area contributed by atoms with Gasteiger partial charge in [-0.3, -0.25) is 9.59 Å². The summed E-state index contributed by atoms with van der Waals surface area (Å²) in [5, 5.41) is 9.93. The molecule has 1 aliphatic carbocycles. The molecular formula is C21H28N2O3. The summed E-state index contributed by atoms with van der Waals surface area (Å²) < 4.78 is 0. The van der Waals surface area contributed by atoms with Crippen molar-refractivity contribution in [1.82, 2.24) is 9.80 Å². The minimum Gasteiger partial charge on any atom is -0.508 e. The largest absolute Gasteiger partial charge is 0.508 e. The zero-order valence-electron chi connectivity index (χ0n) is 15.5. The van der Waals surface area contributed by atoms with Crippen molar-refractivity contribution < 1.29 is 14.7 Å². The van der Waals surface area contributed by atoms with Gasteiger partial charge < -0.3 is 14.9 Å². The third-order valence-electron chi connectivity index (χ3n) is 6.33. The third-order valence-corrected chi connectivity index (χ3v) is 6.33. The second-order valence-corrected chi connectivity index (χ2v) is 8.55. The van der Waals surface area contributed by atoms with Gasteiger partial charge in [0.25, 0.3) is 5.91 Å². The van der Waals surface area contributed by atoms with Crippen LogP contribution in [0.15, 0.2) is 18.2 Å². The smallest absolute Gasteiger partial charge is 0.254 e. The molecule has 2 heterocycles. The number of nitrogens with zero attached hydrogens (tertiary/aromatic N) is 2. The fraction of sp³-hybridized carbons (Fsp3) is 0.619. The van der Waals surface area contributed by atoms with Crippen molar-refractivity contribution in [3.8, 4) is 5.75 Å². The Labute approximate surface area is 155 Å². The minimum atomic E-state index is -0.00924. The fourth-order valence-corrected chi connectivity index (χ4v) is 4.52. The predicted octanol–water partition coefficient (Wildman–Crippen LogP) is 2.96. The molecule has 26 heavy (non-hydrogen) atoms. The lowest BCUT2D eigenvalue weighted by Gasteiger charge is -2.48. The topological polar surface area (TPSA) is 60.9 Å². The molecule has 4 rings (SSSR count). The molecule has 1 saturated carbocycles. The van der Waals surface area contributed by atoms with Gasteiger partial charge in [-0.15, -0.1) is 0 Å². The summed E-state index contributed by atoms with van der Waals surface area (Å²) in [4.78, 5) is 29.3. The van der Waals surface area contributed by atoms with E-state index in [1.165, 1.54) is 12.8 Å². The molecule has 0 bridgehead atoms. The second kappa shape index (κ2) is 6.60. The van der Waals surface area contributed by atoms with Crippen LogP contribution in [0, 0.1) is 18.3 Å². The minimum absolute atomic E-state index is 0.00924. The monoisotopic (exact) mass is 356 g/mol. The lowest BCUT2D eigenvalue weighted by atomic mass is 9.73. The van der Waals surface area contributed by atoms with Crippen molar-refractivity contribution in [2.24, 2.45) is 11.3 Å². The standard InChI is InChI=1S/C21H28N2O3/c1-15-3-6-17(11-18(15)24)20(26)22-10-2-8-21(13-22)9-7-19(25)23(14-21)12-16-4-5-16/h3,6,11,16,24H,2,4-5,7-10,12-14H2,1H3/t21-/m1/s1. The molecule has 5 nitrogen and oxygen atoms in total. The average Bonchev–Trinajstić information content (AvgIpc) is 3.44. The number of hydrogen-bond donors (Lipinski definition) is 1. The van der Waals surface area contributed by atoms with Crippen LogP contribution in [-0.4, -0.2) is 52.9 Å². The van der Waals surface area contributed by atoms with Crippen LogP contribution in [0.4, 0.5) is 0 Å². The number of phenolic OH excluding ortho intramolecular Hbond substituents is 1. The van der Waals surface area contributed by atoms with E-state index in [-0.39, 0.29) is 23.0 Å².